The molecule has 1 aromatic heterocycles. The van der Waals surface area contributed by atoms with E-state index in [9.17, 15) is 0 Å². The van der Waals surface area contributed by atoms with Crippen LogP contribution in [-0.4, -0.2) is 27.5 Å². The van der Waals surface area contributed by atoms with Crippen LogP contribution in [-0.2, 0) is 0 Å². The number of thioether (sulfide) groups is 1. The van der Waals surface area contributed by atoms with Gasteiger partial charge in [-0.3, -0.25) is 9.97 Å². The van der Waals surface area contributed by atoms with Crippen LogP contribution in [0.25, 0.3) is 0 Å². The fraction of sp³-hybridized carbons (Fsp3) is 0.692. The molecule has 1 N–H and O–H groups in total. The van der Waals surface area contributed by atoms with Crippen LogP contribution in [0.1, 0.15) is 44.3 Å². The molecule has 0 bridgehead atoms. The van der Waals surface area contributed by atoms with Crippen molar-refractivity contribution in [2.75, 3.05) is 12.8 Å². The van der Waals surface area contributed by atoms with E-state index in [0.29, 0.717) is 4.75 Å². The van der Waals surface area contributed by atoms with Crippen LogP contribution < -0.4 is 5.32 Å². The summed E-state index contributed by atoms with van der Waals surface area (Å²) in [5.74, 6) is 0. The summed E-state index contributed by atoms with van der Waals surface area (Å²) < 4.78 is 0.455. The molecular weight excluding hydrogens is 230 g/mol. The lowest BCUT2D eigenvalue weighted by Crippen LogP contribution is -2.36. The highest BCUT2D eigenvalue weighted by Gasteiger charge is 2.32. The smallest absolute Gasteiger partial charge is 0.0753 e. The van der Waals surface area contributed by atoms with E-state index in [0.717, 1.165) is 12.2 Å². The Kier molecular flexibility index (Phi) is 4.40. The molecule has 0 radical (unpaired) electrons. The molecule has 0 saturated heterocycles. The maximum atomic E-state index is 4.34. The molecule has 94 valence electrons. The van der Waals surface area contributed by atoms with E-state index >= 15 is 0 Å². The molecule has 1 aliphatic rings. The predicted octanol–water partition coefficient (Wildman–Crippen LogP) is 2.80. The van der Waals surface area contributed by atoms with E-state index in [1.165, 1.54) is 25.7 Å². The summed E-state index contributed by atoms with van der Waals surface area (Å²) in [6.07, 6.45) is 13.0. The summed E-state index contributed by atoms with van der Waals surface area (Å²) in [7, 11) is 0. The van der Waals surface area contributed by atoms with E-state index < -0.39 is 0 Å². The van der Waals surface area contributed by atoms with Crippen molar-refractivity contribution in [1.82, 2.24) is 15.3 Å². The van der Waals surface area contributed by atoms with Gasteiger partial charge in [0.1, 0.15) is 0 Å². The van der Waals surface area contributed by atoms with Crippen molar-refractivity contribution >= 4 is 11.8 Å². The first-order valence-electron chi connectivity index (χ1n) is 6.30. The largest absolute Gasteiger partial charge is 0.307 e. The highest BCUT2D eigenvalue weighted by molar-refractivity contribution is 8.00. The quantitative estimate of drug-likeness (QED) is 0.873. The predicted molar refractivity (Wildman–Crippen MR) is 73.2 cm³/mol. The molecule has 17 heavy (non-hydrogen) atoms. The van der Waals surface area contributed by atoms with Crippen molar-refractivity contribution in [2.45, 2.75) is 43.4 Å². The second kappa shape index (κ2) is 5.83. The normalized spacial score (nSPS) is 20.4. The van der Waals surface area contributed by atoms with E-state index in [1.807, 2.05) is 18.0 Å². The lowest BCUT2D eigenvalue weighted by molar-refractivity contribution is 0.480. The number of aromatic nitrogens is 2. The molecule has 2 rings (SSSR count). The van der Waals surface area contributed by atoms with Crippen LogP contribution in [0.2, 0.25) is 0 Å². The minimum absolute atomic E-state index is 0.285. The number of nitrogens with one attached hydrogen (secondary N) is 1. The topological polar surface area (TPSA) is 37.8 Å². The van der Waals surface area contributed by atoms with Gasteiger partial charge in [-0.1, -0.05) is 12.8 Å². The van der Waals surface area contributed by atoms with Crippen molar-refractivity contribution in [1.29, 1.82) is 0 Å². The van der Waals surface area contributed by atoms with Gasteiger partial charge in [-0.2, -0.15) is 11.8 Å². The fourth-order valence-electron chi connectivity index (χ4n) is 2.45. The lowest BCUT2D eigenvalue weighted by atomic mass is 10.1. The van der Waals surface area contributed by atoms with Crippen LogP contribution >= 0.6 is 11.8 Å². The van der Waals surface area contributed by atoms with E-state index in [-0.39, 0.29) is 6.04 Å². The Morgan fingerprint density at radius 2 is 2.18 bits per heavy atom. The van der Waals surface area contributed by atoms with E-state index in [2.05, 4.69) is 28.5 Å². The van der Waals surface area contributed by atoms with Crippen LogP contribution in [0.4, 0.5) is 0 Å². The molecule has 0 aliphatic heterocycles. The van der Waals surface area contributed by atoms with Crippen LogP contribution in [0, 0.1) is 0 Å². The average Bonchev–Trinajstić information content (AvgIpc) is 2.86. The number of rotatable bonds is 5. The first-order chi connectivity index (χ1) is 8.26. The van der Waals surface area contributed by atoms with Crippen molar-refractivity contribution in [3.63, 3.8) is 0 Å². The Bertz CT molecular complexity index is 336. The Labute approximate surface area is 108 Å². The van der Waals surface area contributed by atoms with Crippen molar-refractivity contribution in [2.24, 2.45) is 0 Å². The zero-order valence-corrected chi connectivity index (χ0v) is 11.5. The van der Waals surface area contributed by atoms with Gasteiger partial charge < -0.3 is 5.32 Å². The molecule has 1 saturated carbocycles. The van der Waals surface area contributed by atoms with Gasteiger partial charge in [-0.25, -0.2) is 0 Å². The Morgan fingerprint density at radius 1 is 1.41 bits per heavy atom. The number of hydrogen-bond donors (Lipinski definition) is 1. The van der Waals surface area contributed by atoms with E-state index in [1.54, 1.807) is 12.4 Å². The zero-order valence-electron chi connectivity index (χ0n) is 10.6. The number of hydrogen-bond acceptors (Lipinski definition) is 4. The Hall–Kier alpha value is -0.610. The molecule has 0 aromatic carbocycles. The highest BCUT2D eigenvalue weighted by atomic mass is 32.2. The van der Waals surface area contributed by atoms with Gasteiger partial charge in [0, 0.05) is 35.9 Å². The molecule has 0 amide bonds. The molecule has 1 heterocycles. The van der Waals surface area contributed by atoms with E-state index in [4.69, 9.17) is 0 Å². The average molecular weight is 251 g/mol. The Balaban J connectivity index is 1.89. The van der Waals surface area contributed by atoms with Crippen LogP contribution in [0.5, 0.6) is 0 Å². The van der Waals surface area contributed by atoms with Crippen LogP contribution in [0.15, 0.2) is 18.6 Å². The molecule has 1 aromatic rings. The highest BCUT2D eigenvalue weighted by Crippen LogP contribution is 2.39. The summed E-state index contributed by atoms with van der Waals surface area (Å²) >= 11 is 2.02. The molecule has 4 heteroatoms. The lowest BCUT2D eigenvalue weighted by Gasteiger charge is -2.28. The van der Waals surface area contributed by atoms with Crippen molar-refractivity contribution < 1.29 is 0 Å². The van der Waals surface area contributed by atoms with Gasteiger partial charge in [0.25, 0.3) is 0 Å². The maximum Gasteiger partial charge on any atom is 0.0753 e. The summed E-state index contributed by atoms with van der Waals surface area (Å²) in [4.78, 5) is 8.46. The zero-order chi connectivity index (χ0) is 12.1. The molecule has 0 spiro atoms. The van der Waals surface area contributed by atoms with Gasteiger partial charge in [0.15, 0.2) is 0 Å². The minimum atomic E-state index is 0.285. The first-order valence-corrected chi connectivity index (χ1v) is 7.53. The second-order valence-corrected chi connectivity index (χ2v) is 6.10. The molecule has 1 aliphatic carbocycles. The molecule has 1 fully saturated rings. The standard InChI is InChI=1S/C13H21N3S/c1-11(12-9-14-7-8-15-12)16-10-13(17-2)5-3-4-6-13/h7-9,11,16H,3-6,10H2,1-2H3. The maximum absolute atomic E-state index is 4.34. The second-order valence-electron chi connectivity index (χ2n) is 4.83. The van der Waals surface area contributed by atoms with Gasteiger partial charge >= 0.3 is 0 Å². The van der Waals surface area contributed by atoms with Crippen LogP contribution in [0.3, 0.4) is 0 Å². The summed E-state index contributed by atoms with van der Waals surface area (Å²) in [6, 6.07) is 0.285. The first kappa shape index (κ1) is 12.8. The monoisotopic (exact) mass is 251 g/mol. The minimum Gasteiger partial charge on any atom is -0.307 e. The molecule has 1 unspecified atom stereocenters. The van der Waals surface area contributed by atoms with Gasteiger partial charge in [-0.15, -0.1) is 0 Å². The fourth-order valence-corrected chi connectivity index (χ4v) is 3.37. The summed E-state index contributed by atoms with van der Waals surface area (Å²) in [5.41, 5.74) is 1.03. The summed E-state index contributed by atoms with van der Waals surface area (Å²) in [6.45, 7) is 3.24. The third-order valence-corrected chi connectivity index (χ3v) is 5.12. The van der Waals surface area contributed by atoms with Gasteiger partial charge in [0.2, 0.25) is 0 Å². The number of nitrogens with zero attached hydrogens (tertiary/aromatic N) is 2. The molecular formula is C13H21N3S. The van der Waals surface area contributed by atoms with Crippen molar-refractivity contribution in [3.05, 3.63) is 24.3 Å². The van der Waals surface area contributed by atoms with Crippen molar-refractivity contribution in [3.8, 4) is 0 Å². The third-order valence-electron chi connectivity index (χ3n) is 3.71. The molecule has 3 nitrogen and oxygen atoms in total. The summed E-state index contributed by atoms with van der Waals surface area (Å²) in [5, 5.41) is 3.61. The third kappa shape index (κ3) is 3.19. The SMILES string of the molecule is CSC1(CNC(C)c2cnccn2)CCCC1. The van der Waals surface area contributed by atoms with Gasteiger partial charge in [0.05, 0.1) is 5.69 Å². The molecule has 1 atom stereocenters. The Morgan fingerprint density at radius 3 is 2.76 bits per heavy atom. The van der Waals surface area contributed by atoms with Gasteiger partial charge in [-0.05, 0) is 26.0 Å².